The van der Waals surface area contributed by atoms with E-state index in [4.69, 9.17) is 15.6 Å². The summed E-state index contributed by atoms with van der Waals surface area (Å²) in [5, 5.41) is 9.09. The van der Waals surface area contributed by atoms with E-state index < -0.39 is 6.04 Å². The molecule has 1 unspecified atom stereocenters. The van der Waals surface area contributed by atoms with Crippen LogP contribution < -0.4 is 10.5 Å². The van der Waals surface area contributed by atoms with Crippen LogP contribution in [-0.2, 0) is 6.54 Å². The number of para-hydroxylation sites is 1. The molecule has 0 fully saturated rings. The first-order valence-electron chi connectivity index (χ1n) is 5.27. The predicted molar refractivity (Wildman–Crippen MR) is 64.4 cm³/mol. The first-order valence-corrected chi connectivity index (χ1v) is 5.27. The van der Waals surface area contributed by atoms with E-state index in [0.29, 0.717) is 0 Å². The summed E-state index contributed by atoms with van der Waals surface area (Å²) in [5.74, 6) is 0.776. The summed E-state index contributed by atoms with van der Waals surface area (Å²) in [7, 11) is 5.62. The zero-order chi connectivity index (χ0) is 12.1. The lowest BCUT2D eigenvalue weighted by Crippen LogP contribution is -2.17. The fraction of sp³-hybridized carbons (Fsp3) is 0.500. The van der Waals surface area contributed by atoms with Crippen molar-refractivity contribution < 1.29 is 9.84 Å². The molecule has 0 radical (unpaired) electrons. The van der Waals surface area contributed by atoms with Gasteiger partial charge in [0.1, 0.15) is 5.75 Å². The molecule has 1 rings (SSSR count). The smallest absolute Gasteiger partial charge is 0.128 e. The van der Waals surface area contributed by atoms with Crippen molar-refractivity contribution in [3.63, 3.8) is 0 Å². The van der Waals surface area contributed by atoms with Crippen molar-refractivity contribution in [2.45, 2.75) is 12.6 Å². The second-order valence-electron chi connectivity index (χ2n) is 4.07. The Kier molecular flexibility index (Phi) is 4.73. The number of hydrogen-bond donors (Lipinski definition) is 2. The number of hydrogen-bond acceptors (Lipinski definition) is 4. The summed E-state index contributed by atoms with van der Waals surface area (Å²) in [6, 6.07) is 5.44. The Morgan fingerprint density at radius 2 is 2.12 bits per heavy atom. The maximum absolute atomic E-state index is 9.09. The van der Waals surface area contributed by atoms with E-state index in [-0.39, 0.29) is 6.61 Å². The third kappa shape index (κ3) is 2.95. The molecule has 0 spiro atoms. The zero-order valence-corrected chi connectivity index (χ0v) is 10.1. The van der Waals surface area contributed by atoms with Gasteiger partial charge < -0.3 is 20.5 Å². The van der Waals surface area contributed by atoms with Gasteiger partial charge in [-0.15, -0.1) is 0 Å². The fourth-order valence-corrected chi connectivity index (χ4v) is 1.71. The molecule has 0 saturated carbocycles. The highest BCUT2D eigenvalue weighted by Crippen LogP contribution is 2.28. The molecule has 1 aromatic carbocycles. The highest BCUT2D eigenvalue weighted by Gasteiger charge is 2.14. The average Bonchev–Trinajstić information content (AvgIpc) is 2.27. The Labute approximate surface area is 96.6 Å². The van der Waals surface area contributed by atoms with Crippen LogP contribution in [-0.4, -0.2) is 37.8 Å². The summed E-state index contributed by atoms with van der Waals surface area (Å²) in [5.41, 5.74) is 7.76. The monoisotopic (exact) mass is 224 g/mol. The minimum Gasteiger partial charge on any atom is -0.496 e. The predicted octanol–water partition coefficient (Wildman–Crippen LogP) is 0.749. The average molecular weight is 224 g/mol. The van der Waals surface area contributed by atoms with Crippen molar-refractivity contribution in [3.8, 4) is 5.75 Å². The maximum Gasteiger partial charge on any atom is 0.128 e. The number of rotatable bonds is 5. The van der Waals surface area contributed by atoms with E-state index >= 15 is 0 Å². The van der Waals surface area contributed by atoms with Gasteiger partial charge >= 0.3 is 0 Å². The van der Waals surface area contributed by atoms with Crippen LogP contribution >= 0.6 is 0 Å². The number of aliphatic hydroxyl groups is 1. The minimum absolute atomic E-state index is 0.0816. The zero-order valence-electron chi connectivity index (χ0n) is 10.1. The van der Waals surface area contributed by atoms with Crippen LogP contribution in [0.4, 0.5) is 0 Å². The third-order valence-corrected chi connectivity index (χ3v) is 2.41. The molecule has 0 aliphatic rings. The highest BCUT2D eigenvalue weighted by molar-refractivity contribution is 5.43. The normalized spacial score (nSPS) is 12.9. The van der Waals surface area contributed by atoms with E-state index in [1.807, 2.05) is 32.3 Å². The molecule has 16 heavy (non-hydrogen) atoms. The third-order valence-electron chi connectivity index (χ3n) is 2.41. The van der Waals surface area contributed by atoms with Gasteiger partial charge in [0.25, 0.3) is 0 Å². The lowest BCUT2D eigenvalue weighted by Gasteiger charge is -2.19. The quantitative estimate of drug-likeness (QED) is 0.775. The van der Waals surface area contributed by atoms with Crippen molar-refractivity contribution in [2.75, 3.05) is 27.8 Å². The molecule has 90 valence electrons. The molecule has 3 N–H and O–H groups in total. The standard InChI is InChI=1S/C12H20N2O2/c1-14(2)7-9-5-4-6-10(11(13)8-15)12(9)16-3/h4-6,11,15H,7-8,13H2,1-3H3. The van der Waals surface area contributed by atoms with E-state index in [1.54, 1.807) is 7.11 Å². The molecule has 0 aliphatic heterocycles. The second-order valence-corrected chi connectivity index (χ2v) is 4.07. The van der Waals surface area contributed by atoms with Crippen molar-refractivity contribution in [1.82, 2.24) is 4.90 Å². The van der Waals surface area contributed by atoms with Gasteiger partial charge in [-0.05, 0) is 14.1 Å². The Hall–Kier alpha value is -1.10. The van der Waals surface area contributed by atoms with E-state index in [0.717, 1.165) is 23.4 Å². The molecule has 1 atom stereocenters. The Bertz CT molecular complexity index is 340. The van der Waals surface area contributed by atoms with E-state index in [9.17, 15) is 0 Å². The molecule has 0 aliphatic carbocycles. The topological polar surface area (TPSA) is 58.7 Å². The highest BCUT2D eigenvalue weighted by atomic mass is 16.5. The van der Waals surface area contributed by atoms with Gasteiger partial charge in [-0.3, -0.25) is 0 Å². The summed E-state index contributed by atoms with van der Waals surface area (Å²) < 4.78 is 5.38. The largest absolute Gasteiger partial charge is 0.496 e. The molecule has 0 heterocycles. The molecule has 0 aromatic heterocycles. The number of ether oxygens (including phenoxy) is 1. The molecule has 0 amide bonds. The lowest BCUT2D eigenvalue weighted by molar-refractivity contribution is 0.264. The summed E-state index contributed by atoms with van der Waals surface area (Å²) >= 11 is 0. The molecule has 0 saturated heterocycles. The number of methoxy groups -OCH3 is 1. The summed E-state index contributed by atoms with van der Waals surface area (Å²) in [6.45, 7) is 0.705. The van der Waals surface area contributed by atoms with Gasteiger partial charge in [0.05, 0.1) is 19.8 Å². The first kappa shape index (κ1) is 13.0. The Morgan fingerprint density at radius 1 is 1.44 bits per heavy atom. The number of aliphatic hydroxyl groups excluding tert-OH is 1. The van der Waals surface area contributed by atoms with Crippen molar-refractivity contribution in [2.24, 2.45) is 5.73 Å². The molecule has 4 heteroatoms. The molecular weight excluding hydrogens is 204 g/mol. The van der Waals surface area contributed by atoms with Crippen molar-refractivity contribution >= 4 is 0 Å². The van der Waals surface area contributed by atoms with Crippen molar-refractivity contribution in [1.29, 1.82) is 0 Å². The van der Waals surface area contributed by atoms with Crippen molar-refractivity contribution in [3.05, 3.63) is 29.3 Å². The fourth-order valence-electron chi connectivity index (χ4n) is 1.71. The summed E-state index contributed by atoms with van der Waals surface area (Å²) in [4.78, 5) is 2.06. The molecule has 4 nitrogen and oxygen atoms in total. The van der Waals surface area contributed by atoms with Crippen LogP contribution in [0.5, 0.6) is 5.75 Å². The van der Waals surface area contributed by atoms with Crippen LogP contribution in [0.15, 0.2) is 18.2 Å². The Balaban J connectivity index is 3.10. The number of nitrogens with two attached hydrogens (primary N) is 1. The van der Waals surface area contributed by atoms with Crippen LogP contribution in [0.1, 0.15) is 17.2 Å². The first-order chi connectivity index (χ1) is 7.60. The van der Waals surface area contributed by atoms with Gasteiger partial charge in [-0.25, -0.2) is 0 Å². The van der Waals surface area contributed by atoms with Gasteiger partial charge in [-0.1, -0.05) is 18.2 Å². The number of nitrogens with zero attached hydrogens (tertiary/aromatic N) is 1. The maximum atomic E-state index is 9.09. The van der Waals surface area contributed by atoms with Crippen LogP contribution in [0, 0.1) is 0 Å². The SMILES string of the molecule is COc1c(CN(C)C)cccc1C(N)CO. The number of benzene rings is 1. The van der Waals surface area contributed by atoms with E-state index in [2.05, 4.69) is 4.90 Å². The van der Waals surface area contributed by atoms with Crippen LogP contribution in [0.25, 0.3) is 0 Å². The minimum atomic E-state index is -0.392. The molecular formula is C12H20N2O2. The lowest BCUT2D eigenvalue weighted by atomic mass is 10.0. The molecule has 0 bridgehead atoms. The van der Waals surface area contributed by atoms with Gasteiger partial charge in [0.2, 0.25) is 0 Å². The second kappa shape index (κ2) is 5.84. The summed E-state index contributed by atoms with van der Waals surface area (Å²) in [6.07, 6.45) is 0. The van der Waals surface area contributed by atoms with Crippen LogP contribution in [0.2, 0.25) is 0 Å². The molecule has 1 aromatic rings. The van der Waals surface area contributed by atoms with Gasteiger partial charge in [0, 0.05) is 17.7 Å². The van der Waals surface area contributed by atoms with E-state index in [1.165, 1.54) is 0 Å². The Morgan fingerprint density at radius 3 is 2.62 bits per heavy atom. The van der Waals surface area contributed by atoms with Gasteiger partial charge in [-0.2, -0.15) is 0 Å². The van der Waals surface area contributed by atoms with Gasteiger partial charge in [0.15, 0.2) is 0 Å². The van der Waals surface area contributed by atoms with Crippen LogP contribution in [0.3, 0.4) is 0 Å².